The van der Waals surface area contributed by atoms with Crippen LogP contribution in [0.1, 0.15) is 19.3 Å². The molecule has 2 atom stereocenters. The molecule has 0 saturated carbocycles. The van der Waals surface area contributed by atoms with Crippen LogP contribution in [-0.4, -0.2) is 82.9 Å². The number of piperidine rings is 1. The maximum Gasteiger partial charge on any atom is 0.248 e. The Labute approximate surface area is 132 Å². The van der Waals surface area contributed by atoms with E-state index in [0.29, 0.717) is 32.7 Å². The van der Waals surface area contributed by atoms with E-state index in [9.17, 15) is 13.2 Å². The molecule has 2 aliphatic heterocycles. The van der Waals surface area contributed by atoms with Crippen molar-refractivity contribution in [1.82, 2.24) is 9.21 Å². The van der Waals surface area contributed by atoms with E-state index in [0.717, 1.165) is 12.8 Å². The van der Waals surface area contributed by atoms with Crippen LogP contribution in [0, 0.1) is 5.41 Å². The number of carbonyl (C=O) groups is 1. The van der Waals surface area contributed by atoms with Crippen molar-refractivity contribution in [3.8, 4) is 0 Å². The molecule has 0 unspecified atom stereocenters. The maximum absolute atomic E-state index is 11.9. The number of amides is 1. The lowest BCUT2D eigenvalue weighted by Crippen LogP contribution is -2.58. The van der Waals surface area contributed by atoms with Crippen molar-refractivity contribution in [2.75, 3.05) is 53.3 Å². The summed E-state index contributed by atoms with van der Waals surface area (Å²) >= 11 is 0. The molecule has 2 aliphatic rings. The summed E-state index contributed by atoms with van der Waals surface area (Å²) in [6.07, 6.45) is 3.67. The van der Waals surface area contributed by atoms with E-state index >= 15 is 0 Å². The van der Waals surface area contributed by atoms with Crippen molar-refractivity contribution in [1.29, 1.82) is 0 Å². The standard InChI is InChI=1S/C14H26N2O5S/c1-15(2)13(17)9-20-11-14-6-4-8-21-12(14)5-7-16(10-14)22(3,18)19/h12H,4-11H2,1-3H3/t12-,14-/m0/s1. The van der Waals surface area contributed by atoms with E-state index in [-0.39, 0.29) is 24.0 Å². The highest BCUT2D eigenvalue weighted by Crippen LogP contribution is 2.41. The molecule has 7 nitrogen and oxygen atoms in total. The average Bonchev–Trinajstić information content (AvgIpc) is 2.45. The fourth-order valence-corrected chi connectivity index (χ4v) is 4.14. The first-order valence-corrected chi connectivity index (χ1v) is 9.44. The molecule has 0 aromatic carbocycles. The van der Waals surface area contributed by atoms with Gasteiger partial charge in [-0.05, 0) is 19.3 Å². The van der Waals surface area contributed by atoms with Crippen molar-refractivity contribution < 1.29 is 22.7 Å². The van der Waals surface area contributed by atoms with E-state index < -0.39 is 10.0 Å². The lowest BCUT2D eigenvalue weighted by Gasteiger charge is -2.49. The van der Waals surface area contributed by atoms with Gasteiger partial charge in [0.15, 0.2) is 0 Å². The topological polar surface area (TPSA) is 76.2 Å². The highest BCUT2D eigenvalue weighted by atomic mass is 32.2. The fraction of sp³-hybridized carbons (Fsp3) is 0.929. The number of rotatable bonds is 5. The van der Waals surface area contributed by atoms with Crippen molar-refractivity contribution in [3.63, 3.8) is 0 Å². The van der Waals surface area contributed by atoms with Gasteiger partial charge in [0.25, 0.3) is 0 Å². The third-order valence-corrected chi connectivity index (χ3v) is 5.79. The minimum atomic E-state index is -3.22. The predicted molar refractivity (Wildman–Crippen MR) is 82.0 cm³/mol. The highest BCUT2D eigenvalue weighted by molar-refractivity contribution is 7.88. The quantitative estimate of drug-likeness (QED) is 0.703. The smallest absolute Gasteiger partial charge is 0.248 e. The van der Waals surface area contributed by atoms with Gasteiger partial charge in [0.1, 0.15) is 6.61 Å². The number of fused-ring (bicyclic) bond motifs is 1. The van der Waals surface area contributed by atoms with Crippen LogP contribution in [0.2, 0.25) is 0 Å². The maximum atomic E-state index is 11.9. The normalized spacial score (nSPS) is 29.9. The Balaban J connectivity index is 2.05. The van der Waals surface area contributed by atoms with Gasteiger partial charge in [-0.15, -0.1) is 0 Å². The number of carbonyl (C=O) groups excluding carboxylic acids is 1. The number of sulfonamides is 1. The van der Waals surface area contributed by atoms with Gasteiger partial charge in [0, 0.05) is 39.2 Å². The predicted octanol–water partition coefficient (Wildman–Crippen LogP) is -0.0781. The Bertz CT molecular complexity index is 507. The van der Waals surface area contributed by atoms with Crippen molar-refractivity contribution in [2.24, 2.45) is 5.41 Å². The Morgan fingerprint density at radius 2 is 2.18 bits per heavy atom. The van der Waals surface area contributed by atoms with Crippen LogP contribution in [0.5, 0.6) is 0 Å². The van der Waals surface area contributed by atoms with Crippen LogP contribution in [0.25, 0.3) is 0 Å². The van der Waals surface area contributed by atoms with Crippen LogP contribution in [0.15, 0.2) is 0 Å². The fourth-order valence-electron chi connectivity index (χ4n) is 3.21. The van der Waals surface area contributed by atoms with Gasteiger partial charge in [0.2, 0.25) is 15.9 Å². The van der Waals surface area contributed by atoms with Crippen LogP contribution in [-0.2, 0) is 24.3 Å². The summed E-state index contributed by atoms with van der Waals surface area (Å²) in [4.78, 5) is 13.1. The molecule has 0 radical (unpaired) electrons. The molecule has 128 valence electrons. The number of likely N-dealkylation sites (N-methyl/N-ethyl adjacent to an activating group) is 1. The molecule has 2 saturated heterocycles. The summed E-state index contributed by atoms with van der Waals surface area (Å²) in [5.74, 6) is -0.0968. The molecule has 2 rings (SSSR count). The molecule has 0 bridgehead atoms. The zero-order chi connectivity index (χ0) is 16.4. The molecule has 2 heterocycles. The molecule has 1 amide bonds. The molecule has 0 aromatic heterocycles. The number of hydrogen-bond donors (Lipinski definition) is 0. The second-order valence-electron chi connectivity index (χ2n) is 6.49. The second kappa shape index (κ2) is 6.82. The van der Waals surface area contributed by atoms with E-state index in [2.05, 4.69) is 0 Å². The molecular formula is C14H26N2O5S. The molecule has 0 N–H and O–H groups in total. The van der Waals surface area contributed by atoms with Crippen molar-refractivity contribution >= 4 is 15.9 Å². The summed E-state index contributed by atoms with van der Waals surface area (Å²) in [5, 5.41) is 0. The third kappa shape index (κ3) is 3.98. The number of ether oxygens (including phenoxy) is 2. The summed E-state index contributed by atoms with van der Waals surface area (Å²) < 4.78 is 36.7. The summed E-state index contributed by atoms with van der Waals surface area (Å²) in [7, 11) is 0.144. The zero-order valence-electron chi connectivity index (χ0n) is 13.6. The molecule has 0 spiro atoms. The largest absolute Gasteiger partial charge is 0.377 e. The van der Waals surface area contributed by atoms with Crippen molar-refractivity contribution in [3.05, 3.63) is 0 Å². The lowest BCUT2D eigenvalue weighted by molar-refractivity contribution is -0.152. The molecule has 2 fully saturated rings. The molecule has 0 aromatic rings. The van der Waals surface area contributed by atoms with Crippen molar-refractivity contribution in [2.45, 2.75) is 25.4 Å². The Morgan fingerprint density at radius 1 is 1.45 bits per heavy atom. The van der Waals surface area contributed by atoms with Gasteiger partial charge >= 0.3 is 0 Å². The molecular weight excluding hydrogens is 308 g/mol. The van der Waals surface area contributed by atoms with Gasteiger partial charge in [-0.25, -0.2) is 12.7 Å². The van der Waals surface area contributed by atoms with Gasteiger partial charge in [-0.2, -0.15) is 0 Å². The monoisotopic (exact) mass is 334 g/mol. The summed E-state index contributed by atoms with van der Waals surface area (Å²) in [6.45, 7) is 1.97. The number of nitrogens with zero attached hydrogens (tertiary/aromatic N) is 2. The SMILES string of the molecule is CN(C)C(=O)COC[C@@]12CCCO[C@H]1CCN(S(C)(=O)=O)C2. The Kier molecular flexibility index (Phi) is 5.47. The summed E-state index contributed by atoms with van der Waals surface area (Å²) in [6, 6.07) is 0. The van der Waals surface area contributed by atoms with Crippen LogP contribution in [0.3, 0.4) is 0 Å². The first kappa shape index (κ1) is 17.7. The van der Waals surface area contributed by atoms with E-state index in [1.54, 1.807) is 14.1 Å². The van der Waals surface area contributed by atoms with Crippen LogP contribution < -0.4 is 0 Å². The average molecular weight is 334 g/mol. The van der Waals surface area contributed by atoms with E-state index in [1.807, 2.05) is 0 Å². The first-order chi connectivity index (χ1) is 10.2. The Morgan fingerprint density at radius 3 is 2.82 bits per heavy atom. The first-order valence-electron chi connectivity index (χ1n) is 7.59. The second-order valence-corrected chi connectivity index (χ2v) is 8.47. The minimum absolute atomic E-state index is 0.00806. The van der Waals surface area contributed by atoms with Crippen LogP contribution in [0.4, 0.5) is 0 Å². The van der Waals surface area contributed by atoms with Crippen LogP contribution >= 0.6 is 0 Å². The van der Waals surface area contributed by atoms with Gasteiger partial charge < -0.3 is 14.4 Å². The summed E-state index contributed by atoms with van der Waals surface area (Å²) in [5.41, 5.74) is -0.341. The lowest BCUT2D eigenvalue weighted by atomic mass is 9.73. The molecule has 8 heteroatoms. The highest BCUT2D eigenvalue weighted by Gasteiger charge is 2.48. The zero-order valence-corrected chi connectivity index (χ0v) is 14.4. The van der Waals surface area contributed by atoms with E-state index in [4.69, 9.17) is 9.47 Å². The molecule has 0 aliphatic carbocycles. The van der Waals surface area contributed by atoms with Gasteiger partial charge in [-0.3, -0.25) is 4.79 Å². The van der Waals surface area contributed by atoms with Gasteiger partial charge in [0.05, 0.1) is 19.0 Å². The number of hydrogen-bond acceptors (Lipinski definition) is 5. The minimum Gasteiger partial charge on any atom is -0.377 e. The van der Waals surface area contributed by atoms with E-state index in [1.165, 1.54) is 15.5 Å². The van der Waals surface area contributed by atoms with Gasteiger partial charge in [-0.1, -0.05) is 0 Å². The molecule has 22 heavy (non-hydrogen) atoms. The third-order valence-electron chi connectivity index (χ3n) is 4.54. The Hall–Kier alpha value is -0.700.